The number of anilines is 2. The molecule has 0 atom stereocenters. The van der Waals surface area contributed by atoms with Gasteiger partial charge in [-0.1, -0.05) is 30.3 Å². The molecule has 0 aliphatic heterocycles. The fourth-order valence-corrected chi connectivity index (χ4v) is 2.67. The Balaban J connectivity index is 1.61. The number of carbonyl (C=O) groups excluding carboxylic acids is 1. The lowest BCUT2D eigenvalue weighted by Crippen LogP contribution is -2.23. The Bertz CT molecular complexity index is 1100. The highest BCUT2D eigenvalue weighted by atomic mass is 19.1. The first kappa shape index (κ1) is 18.3. The Morgan fingerprint density at radius 3 is 2.52 bits per heavy atom. The largest absolute Gasteiger partial charge is 0.350 e. The van der Waals surface area contributed by atoms with Crippen LogP contribution >= 0.6 is 0 Å². The fourth-order valence-electron chi connectivity index (χ4n) is 2.67. The van der Waals surface area contributed by atoms with Gasteiger partial charge in [0.1, 0.15) is 5.82 Å². The van der Waals surface area contributed by atoms with E-state index < -0.39 is 6.03 Å². The van der Waals surface area contributed by atoms with Gasteiger partial charge < -0.3 is 10.6 Å². The zero-order chi connectivity index (χ0) is 20.1. The van der Waals surface area contributed by atoms with Crippen LogP contribution in [0.25, 0.3) is 11.4 Å². The van der Waals surface area contributed by atoms with Crippen LogP contribution in [0, 0.1) is 5.82 Å². The van der Waals surface area contributed by atoms with Crippen LogP contribution in [-0.4, -0.2) is 25.8 Å². The molecule has 2 N–H and O–H groups in total. The molecule has 29 heavy (non-hydrogen) atoms. The van der Waals surface area contributed by atoms with Crippen LogP contribution in [-0.2, 0) is 6.54 Å². The molecule has 7 nitrogen and oxygen atoms in total. The molecule has 0 saturated heterocycles. The van der Waals surface area contributed by atoms with Crippen LogP contribution < -0.4 is 10.6 Å². The fraction of sp³-hybridized carbons (Fsp3) is 0.0476. The predicted molar refractivity (Wildman–Crippen MR) is 108 cm³/mol. The molecule has 4 aromatic rings. The number of hydrogen-bond acceptors (Lipinski definition) is 5. The van der Waals surface area contributed by atoms with Crippen LogP contribution in [0.4, 0.5) is 20.8 Å². The Kier molecular flexibility index (Phi) is 5.24. The summed E-state index contributed by atoms with van der Waals surface area (Å²) in [6.45, 7) is 0.351. The van der Waals surface area contributed by atoms with Crippen molar-refractivity contribution in [3.05, 3.63) is 90.5 Å². The summed E-state index contributed by atoms with van der Waals surface area (Å²) in [5.41, 5.74) is 2.16. The van der Waals surface area contributed by atoms with Gasteiger partial charge in [-0.2, -0.15) is 4.98 Å². The first-order valence-electron chi connectivity index (χ1n) is 8.91. The second-order valence-electron chi connectivity index (χ2n) is 6.19. The van der Waals surface area contributed by atoms with Gasteiger partial charge in [-0.05, 0) is 42.0 Å². The third-order valence-electron chi connectivity index (χ3n) is 4.11. The van der Waals surface area contributed by atoms with Crippen LogP contribution in [0.2, 0.25) is 0 Å². The van der Waals surface area contributed by atoms with Gasteiger partial charge in [0.25, 0.3) is 0 Å². The quantitative estimate of drug-likeness (QED) is 0.536. The highest BCUT2D eigenvalue weighted by Crippen LogP contribution is 2.18. The highest BCUT2D eigenvalue weighted by molar-refractivity contribution is 5.92. The highest BCUT2D eigenvalue weighted by Gasteiger charge is 2.17. The molecule has 4 rings (SSSR count). The lowest BCUT2D eigenvalue weighted by atomic mass is 10.2. The van der Waals surface area contributed by atoms with E-state index in [-0.39, 0.29) is 11.8 Å². The van der Waals surface area contributed by atoms with Gasteiger partial charge in [0.2, 0.25) is 5.95 Å². The Morgan fingerprint density at radius 2 is 1.79 bits per heavy atom. The minimum atomic E-state index is -0.458. The van der Waals surface area contributed by atoms with Crippen LogP contribution in [0.5, 0.6) is 0 Å². The van der Waals surface area contributed by atoms with Crippen molar-refractivity contribution < 1.29 is 9.18 Å². The summed E-state index contributed by atoms with van der Waals surface area (Å²) in [5, 5.41) is 10.2. The third-order valence-corrected chi connectivity index (χ3v) is 4.11. The molecule has 0 aliphatic rings. The summed E-state index contributed by atoms with van der Waals surface area (Å²) in [4.78, 5) is 21.3. The lowest BCUT2D eigenvalue weighted by molar-refractivity contribution is 0.251. The van der Waals surface area contributed by atoms with Crippen molar-refractivity contribution in [2.45, 2.75) is 6.54 Å². The first-order valence-corrected chi connectivity index (χ1v) is 8.91. The number of rotatable bonds is 5. The maximum Gasteiger partial charge on any atom is 0.349 e. The minimum Gasteiger partial charge on any atom is -0.350 e. The number of halogens is 1. The summed E-state index contributed by atoms with van der Waals surface area (Å²) in [6, 6.07) is 18.3. The van der Waals surface area contributed by atoms with Crippen molar-refractivity contribution in [2.75, 3.05) is 10.6 Å². The molecule has 0 radical (unpaired) electrons. The molecule has 2 heterocycles. The summed E-state index contributed by atoms with van der Waals surface area (Å²) in [7, 11) is 0. The van der Waals surface area contributed by atoms with Crippen molar-refractivity contribution in [3.8, 4) is 11.4 Å². The summed E-state index contributed by atoms with van der Waals surface area (Å²) < 4.78 is 14.3. The number of para-hydroxylation sites is 1. The van der Waals surface area contributed by atoms with Gasteiger partial charge in [0.15, 0.2) is 5.82 Å². The van der Waals surface area contributed by atoms with E-state index in [1.807, 2.05) is 24.3 Å². The standard InChI is InChI=1S/C21H17FN6O/c22-17-10-8-15(9-11-17)13-24-20-26-19(16-5-4-12-23-14-16)27-28(20)21(29)25-18-6-2-1-3-7-18/h1-12,14H,13H2,(H,25,29)(H,24,26,27). The van der Waals surface area contributed by atoms with Gasteiger partial charge in [-0.3, -0.25) is 4.98 Å². The average Bonchev–Trinajstić information content (AvgIpc) is 3.19. The molecule has 2 aromatic heterocycles. The van der Waals surface area contributed by atoms with E-state index in [2.05, 4.69) is 25.7 Å². The summed E-state index contributed by atoms with van der Waals surface area (Å²) in [6.07, 6.45) is 3.27. The number of amides is 1. The minimum absolute atomic E-state index is 0.265. The van der Waals surface area contributed by atoms with Crippen molar-refractivity contribution in [3.63, 3.8) is 0 Å². The van der Waals surface area contributed by atoms with E-state index in [0.717, 1.165) is 5.56 Å². The number of benzene rings is 2. The van der Waals surface area contributed by atoms with E-state index in [1.165, 1.54) is 16.8 Å². The average molecular weight is 388 g/mol. The van der Waals surface area contributed by atoms with E-state index in [4.69, 9.17) is 0 Å². The van der Waals surface area contributed by atoms with Gasteiger partial charge >= 0.3 is 6.03 Å². The van der Waals surface area contributed by atoms with Crippen molar-refractivity contribution in [1.29, 1.82) is 0 Å². The van der Waals surface area contributed by atoms with Crippen molar-refractivity contribution in [1.82, 2.24) is 19.7 Å². The topological polar surface area (TPSA) is 84.7 Å². The zero-order valence-electron chi connectivity index (χ0n) is 15.3. The molecule has 0 aliphatic carbocycles. The molecular weight excluding hydrogens is 371 g/mol. The van der Waals surface area contributed by atoms with E-state index in [9.17, 15) is 9.18 Å². The van der Waals surface area contributed by atoms with E-state index >= 15 is 0 Å². The van der Waals surface area contributed by atoms with E-state index in [0.29, 0.717) is 23.6 Å². The van der Waals surface area contributed by atoms with Crippen molar-refractivity contribution >= 4 is 17.7 Å². The smallest absolute Gasteiger partial charge is 0.349 e. The monoisotopic (exact) mass is 388 g/mol. The normalized spacial score (nSPS) is 10.5. The van der Waals surface area contributed by atoms with Gasteiger partial charge in [-0.15, -0.1) is 9.78 Å². The zero-order valence-corrected chi connectivity index (χ0v) is 15.3. The second-order valence-corrected chi connectivity index (χ2v) is 6.19. The Labute approximate surface area is 166 Å². The molecule has 0 saturated carbocycles. The Morgan fingerprint density at radius 1 is 1.00 bits per heavy atom. The first-order chi connectivity index (χ1) is 14.2. The maximum absolute atomic E-state index is 13.1. The molecule has 0 fully saturated rings. The molecule has 8 heteroatoms. The number of nitrogens with one attached hydrogen (secondary N) is 2. The van der Waals surface area contributed by atoms with Gasteiger partial charge in [0.05, 0.1) is 0 Å². The molecule has 0 bridgehead atoms. The third kappa shape index (κ3) is 4.44. The molecule has 0 spiro atoms. The number of nitrogens with zero attached hydrogens (tertiary/aromatic N) is 4. The molecule has 0 unspecified atom stereocenters. The van der Waals surface area contributed by atoms with Crippen LogP contribution in [0.1, 0.15) is 5.56 Å². The SMILES string of the molecule is O=C(Nc1ccccc1)n1nc(-c2cccnc2)nc1NCc1ccc(F)cc1. The molecule has 2 aromatic carbocycles. The number of carbonyl (C=O) groups is 1. The molecule has 1 amide bonds. The maximum atomic E-state index is 13.1. The Hall–Kier alpha value is -4.07. The number of pyridine rings is 1. The second kappa shape index (κ2) is 8.30. The van der Waals surface area contributed by atoms with Crippen LogP contribution in [0.3, 0.4) is 0 Å². The molecule has 144 valence electrons. The van der Waals surface area contributed by atoms with Crippen molar-refractivity contribution in [2.24, 2.45) is 0 Å². The van der Waals surface area contributed by atoms with Gasteiger partial charge in [-0.25, -0.2) is 9.18 Å². The van der Waals surface area contributed by atoms with Gasteiger partial charge in [0, 0.05) is 30.2 Å². The number of hydrogen-bond donors (Lipinski definition) is 2. The lowest BCUT2D eigenvalue weighted by Gasteiger charge is -2.08. The number of aromatic nitrogens is 4. The summed E-state index contributed by atoms with van der Waals surface area (Å²) >= 11 is 0. The van der Waals surface area contributed by atoms with E-state index in [1.54, 1.807) is 42.7 Å². The summed E-state index contributed by atoms with van der Waals surface area (Å²) in [5.74, 6) is 0.322. The molecular formula is C21H17FN6O. The van der Waals surface area contributed by atoms with Crippen LogP contribution in [0.15, 0.2) is 79.1 Å². The predicted octanol–water partition coefficient (Wildman–Crippen LogP) is 4.17.